The van der Waals surface area contributed by atoms with Crippen molar-refractivity contribution in [1.82, 2.24) is 15.5 Å². The van der Waals surface area contributed by atoms with Gasteiger partial charge in [0.1, 0.15) is 17.9 Å². The first kappa shape index (κ1) is 18.1. The number of aromatic nitrogens is 2. The number of rotatable bonds is 8. The van der Waals surface area contributed by atoms with E-state index < -0.39 is 6.09 Å². The fourth-order valence-corrected chi connectivity index (χ4v) is 2.54. The van der Waals surface area contributed by atoms with E-state index in [1.165, 1.54) is 20.0 Å². The Hall–Kier alpha value is -3.23. The summed E-state index contributed by atoms with van der Waals surface area (Å²) >= 11 is 0. The average molecular weight is 387 g/mol. The van der Waals surface area contributed by atoms with Crippen molar-refractivity contribution in [2.45, 2.75) is 25.8 Å². The Kier molecular flexibility index (Phi) is 5.05. The molecule has 0 spiro atoms. The highest BCUT2D eigenvalue weighted by atomic mass is 16.5. The van der Waals surface area contributed by atoms with Crippen LogP contribution in [0.4, 0.5) is 4.79 Å². The number of amides is 1. The lowest BCUT2D eigenvalue weighted by atomic mass is 10.3. The Morgan fingerprint density at radius 2 is 2.18 bits per heavy atom. The second-order valence-electron chi connectivity index (χ2n) is 6.78. The Labute approximate surface area is 160 Å². The molecule has 1 aliphatic carbocycles. The van der Waals surface area contributed by atoms with Gasteiger partial charge in [-0.3, -0.25) is 0 Å². The van der Waals surface area contributed by atoms with Gasteiger partial charge in [0.15, 0.2) is 5.58 Å². The zero-order chi connectivity index (χ0) is 19.5. The summed E-state index contributed by atoms with van der Waals surface area (Å²) in [6.45, 7) is 2.72. The standard InChI is InChI=1S/C19H21N3O6/c1-11(20-19(23)24-2)9-26-17-8-16(28-22-17)18-21-14-7-13(5-6-15(14)27-18)25-10-12-3-4-12/h5-8,11-12H,3-4,9-10H2,1-2H3,(H,20,23)/t11-/m0/s1. The van der Waals surface area contributed by atoms with Gasteiger partial charge < -0.3 is 28.5 Å². The van der Waals surface area contributed by atoms with Crippen molar-refractivity contribution in [3.05, 3.63) is 24.3 Å². The third kappa shape index (κ3) is 4.36. The number of oxazole rings is 1. The van der Waals surface area contributed by atoms with Crippen LogP contribution >= 0.6 is 0 Å². The van der Waals surface area contributed by atoms with Crippen LogP contribution in [0.3, 0.4) is 0 Å². The normalized spacial score (nSPS) is 14.6. The van der Waals surface area contributed by atoms with Crippen molar-refractivity contribution in [3.63, 3.8) is 0 Å². The minimum atomic E-state index is -0.524. The Bertz CT molecular complexity index is 962. The number of benzene rings is 1. The number of carbonyl (C=O) groups excluding carboxylic acids is 1. The van der Waals surface area contributed by atoms with Gasteiger partial charge in [-0.05, 0) is 43.0 Å². The van der Waals surface area contributed by atoms with Crippen LogP contribution in [0, 0.1) is 5.92 Å². The molecule has 2 heterocycles. The molecule has 148 valence electrons. The molecule has 4 rings (SSSR count). The van der Waals surface area contributed by atoms with Crippen LogP contribution in [0.5, 0.6) is 11.6 Å². The van der Waals surface area contributed by atoms with E-state index in [1.54, 1.807) is 13.0 Å². The van der Waals surface area contributed by atoms with Gasteiger partial charge >= 0.3 is 6.09 Å². The molecule has 0 unspecified atom stereocenters. The summed E-state index contributed by atoms with van der Waals surface area (Å²) in [4.78, 5) is 15.6. The SMILES string of the molecule is COC(=O)N[C@@H](C)COc1cc(-c2nc3cc(OCC4CC4)ccc3o2)on1. The fraction of sp³-hybridized carbons (Fsp3) is 0.421. The van der Waals surface area contributed by atoms with Crippen molar-refractivity contribution in [2.24, 2.45) is 5.92 Å². The van der Waals surface area contributed by atoms with Crippen LogP contribution in [0.1, 0.15) is 19.8 Å². The lowest BCUT2D eigenvalue weighted by Gasteiger charge is -2.12. The number of ether oxygens (including phenoxy) is 3. The van der Waals surface area contributed by atoms with E-state index in [0.717, 1.165) is 12.4 Å². The maximum absolute atomic E-state index is 11.2. The second-order valence-corrected chi connectivity index (χ2v) is 6.78. The number of hydrogen-bond acceptors (Lipinski definition) is 8. The van der Waals surface area contributed by atoms with E-state index >= 15 is 0 Å². The summed E-state index contributed by atoms with van der Waals surface area (Å²) in [6.07, 6.45) is 1.96. The molecule has 2 aromatic heterocycles. The molecule has 1 amide bonds. The van der Waals surface area contributed by atoms with Gasteiger partial charge in [-0.1, -0.05) is 0 Å². The zero-order valence-electron chi connectivity index (χ0n) is 15.6. The molecule has 3 aromatic rings. The smallest absolute Gasteiger partial charge is 0.407 e. The third-order valence-electron chi connectivity index (χ3n) is 4.27. The van der Waals surface area contributed by atoms with Crippen LogP contribution in [0.25, 0.3) is 22.8 Å². The monoisotopic (exact) mass is 387 g/mol. The van der Waals surface area contributed by atoms with Gasteiger partial charge in [0, 0.05) is 6.07 Å². The Morgan fingerprint density at radius 1 is 1.32 bits per heavy atom. The number of alkyl carbamates (subject to hydrolysis) is 1. The van der Waals surface area contributed by atoms with Crippen LogP contribution in [0.2, 0.25) is 0 Å². The molecule has 1 atom stereocenters. The molecule has 1 fully saturated rings. The van der Waals surface area contributed by atoms with E-state index in [2.05, 4.69) is 20.2 Å². The minimum Gasteiger partial charge on any atom is -0.493 e. The van der Waals surface area contributed by atoms with Crippen LogP contribution in [-0.4, -0.2) is 42.6 Å². The van der Waals surface area contributed by atoms with Gasteiger partial charge in [-0.2, -0.15) is 0 Å². The van der Waals surface area contributed by atoms with Gasteiger partial charge in [0.25, 0.3) is 11.8 Å². The highest BCUT2D eigenvalue weighted by Crippen LogP contribution is 2.31. The molecule has 1 aromatic carbocycles. The predicted octanol–water partition coefficient (Wildman–Crippen LogP) is 3.39. The van der Waals surface area contributed by atoms with E-state index in [-0.39, 0.29) is 18.5 Å². The second kappa shape index (κ2) is 7.79. The molecule has 0 saturated heterocycles. The predicted molar refractivity (Wildman–Crippen MR) is 98.2 cm³/mol. The quantitative estimate of drug-likeness (QED) is 0.626. The lowest BCUT2D eigenvalue weighted by molar-refractivity contribution is 0.160. The molecule has 9 heteroatoms. The molecule has 1 saturated carbocycles. The van der Waals surface area contributed by atoms with Crippen LogP contribution < -0.4 is 14.8 Å². The number of fused-ring (bicyclic) bond motifs is 1. The van der Waals surface area contributed by atoms with Crippen LogP contribution in [-0.2, 0) is 4.74 Å². The number of methoxy groups -OCH3 is 1. The fourth-order valence-electron chi connectivity index (χ4n) is 2.54. The molecular formula is C19H21N3O6. The highest BCUT2D eigenvalue weighted by molar-refractivity contribution is 5.77. The first-order valence-corrected chi connectivity index (χ1v) is 9.08. The Morgan fingerprint density at radius 3 is 2.96 bits per heavy atom. The van der Waals surface area contributed by atoms with E-state index in [9.17, 15) is 4.79 Å². The molecule has 1 aliphatic rings. The summed E-state index contributed by atoms with van der Waals surface area (Å²) in [5.41, 5.74) is 1.31. The maximum atomic E-state index is 11.2. The van der Waals surface area contributed by atoms with E-state index in [0.29, 0.717) is 28.7 Å². The molecule has 0 aliphatic heterocycles. The van der Waals surface area contributed by atoms with Gasteiger partial charge in [0.05, 0.1) is 25.8 Å². The summed E-state index contributed by atoms with van der Waals surface area (Å²) in [5.74, 6) is 2.37. The first-order valence-electron chi connectivity index (χ1n) is 9.08. The van der Waals surface area contributed by atoms with Crippen LogP contribution in [0.15, 0.2) is 33.2 Å². The minimum absolute atomic E-state index is 0.205. The first-order chi connectivity index (χ1) is 13.6. The molecular weight excluding hydrogens is 366 g/mol. The molecule has 9 nitrogen and oxygen atoms in total. The van der Waals surface area contributed by atoms with Gasteiger partial charge in [-0.15, -0.1) is 0 Å². The summed E-state index contributed by atoms with van der Waals surface area (Å²) < 4.78 is 26.8. The molecule has 1 N–H and O–H groups in total. The number of hydrogen-bond donors (Lipinski definition) is 1. The Balaban J connectivity index is 1.39. The summed E-state index contributed by atoms with van der Waals surface area (Å²) in [5, 5.41) is 6.44. The van der Waals surface area contributed by atoms with E-state index in [4.69, 9.17) is 18.4 Å². The van der Waals surface area contributed by atoms with E-state index in [1.807, 2.05) is 18.2 Å². The average Bonchev–Trinajstić information content (AvgIpc) is 3.24. The van der Waals surface area contributed by atoms with Crippen molar-refractivity contribution in [2.75, 3.05) is 20.3 Å². The largest absolute Gasteiger partial charge is 0.493 e. The molecule has 0 radical (unpaired) electrons. The van der Waals surface area contributed by atoms with Crippen molar-refractivity contribution >= 4 is 17.2 Å². The van der Waals surface area contributed by atoms with Gasteiger partial charge in [0.2, 0.25) is 5.76 Å². The zero-order valence-corrected chi connectivity index (χ0v) is 15.6. The van der Waals surface area contributed by atoms with Gasteiger partial charge in [-0.25, -0.2) is 9.78 Å². The molecule has 0 bridgehead atoms. The topological polar surface area (TPSA) is 109 Å². The number of nitrogens with zero attached hydrogens (tertiary/aromatic N) is 2. The lowest BCUT2D eigenvalue weighted by Crippen LogP contribution is -2.36. The highest BCUT2D eigenvalue weighted by Gasteiger charge is 2.22. The summed E-state index contributed by atoms with van der Waals surface area (Å²) in [7, 11) is 1.30. The number of carbonyl (C=O) groups is 1. The van der Waals surface area contributed by atoms with Crippen molar-refractivity contribution in [1.29, 1.82) is 0 Å². The van der Waals surface area contributed by atoms with Crippen molar-refractivity contribution < 1.29 is 27.9 Å². The van der Waals surface area contributed by atoms with Crippen molar-refractivity contribution in [3.8, 4) is 23.3 Å². The molecule has 28 heavy (non-hydrogen) atoms. The maximum Gasteiger partial charge on any atom is 0.407 e. The number of nitrogens with one attached hydrogen (secondary N) is 1. The summed E-state index contributed by atoms with van der Waals surface area (Å²) in [6, 6.07) is 6.86. The third-order valence-corrected chi connectivity index (χ3v) is 4.27.